The van der Waals surface area contributed by atoms with E-state index in [9.17, 15) is 18.0 Å². The number of hydrogen-bond donors (Lipinski definition) is 1. The van der Waals surface area contributed by atoms with Crippen LogP contribution in [0.4, 0.5) is 24.7 Å². The molecule has 41 heavy (non-hydrogen) atoms. The molecule has 1 N–H and O–H groups in total. The van der Waals surface area contributed by atoms with Crippen molar-refractivity contribution in [1.29, 1.82) is 0 Å². The summed E-state index contributed by atoms with van der Waals surface area (Å²) < 4.78 is 39.7. The van der Waals surface area contributed by atoms with Crippen LogP contribution in [-0.2, 0) is 11.9 Å². The lowest BCUT2D eigenvalue weighted by Crippen LogP contribution is -2.47. The Balaban J connectivity index is 1.32. The van der Waals surface area contributed by atoms with Crippen LogP contribution in [0.25, 0.3) is 11.3 Å². The highest BCUT2D eigenvalue weighted by Gasteiger charge is 2.31. The third-order valence-corrected chi connectivity index (χ3v) is 7.74. The van der Waals surface area contributed by atoms with Gasteiger partial charge in [0.1, 0.15) is 5.82 Å². The van der Waals surface area contributed by atoms with Gasteiger partial charge in [0.25, 0.3) is 5.91 Å². The Morgan fingerprint density at radius 3 is 2.27 bits per heavy atom. The highest BCUT2D eigenvalue weighted by atomic mass is 32.2. The number of carbonyl (C=O) groups is 1. The molecule has 1 amide bonds. The van der Waals surface area contributed by atoms with E-state index < -0.39 is 11.7 Å². The fraction of sp³-hybridized carbons (Fsp3) is 0.258. The van der Waals surface area contributed by atoms with Gasteiger partial charge in [-0.3, -0.25) is 4.79 Å². The van der Waals surface area contributed by atoms with Crippen LogP contribution in [0, 0.1) is 0 Å². The second-order valence-electron chi connectivity index (χ2n) is 9.63. The number of carbonyl (C=O) groups excluding carboxylic acids is 1. The summed E-state index contributed by atoms with van der Waals surface area (Å²) in [5.74, 6) is 1.33. The molecule has 5 rings (SSSR count). The third kappa shape index (κ3) is 7.18. The van der Waals surface area contributed by atoms with Gasteiger partial charge in [-0.15, -0.1) is 0 Å². The maximum Gasteiger partial charge on any atom is 0.416 e. The van der Waals surface area contributed by atoms with Crippen molar-refractivity contribution in [2.45, 2.75) is 24.0 Å². The number of anilines is 2. The van der Waals surface area contributed by atoms with Gasteiger partial charge in [-0.25, -0.2) is 9.97 Å². The van der Waals surface area contributed by atoms with Crippen molar-refractivity contribution in [3.05, 3.63) is 102 Å². The fourth-order valence-corrected chi connectivity index (χ4v) is 5.44. The molecule has 0 spiro atoms. The highest BCUT2D eigenvalue weighted by molar-refractivity contribution is 7.98. The van der Waals surface area contributed by atoms with Crippen LogP contribution < -0.4 is 15.1 Å². The lowest BCUT2D eigenvalue weighted by molar-refractivity contribution is -0.137. The molecule has 0 radical (unpaired) electrons. The van der Waals surface area contributed by atoms with E-state index in [1.165, 1.54) is 23.9 Å². The van der Waals surface area contributed by atoms with Gasteiger partial charge in [0, 0.05) is 61.4 Å². The second-order valence-corrected chi connectivity index (χ2v) is 10.6. The zero-order valence-corrected chi connectivity index (χ0v) is 23.4. The molecule has 1 saturated heterocycles. The highest BCUT2D eigenvalue weighted by Crippen LogP contribution is 2.33. The Morgan fingerprint density at radius 1 is 0.878 bits per heavy atom. The zero-order valence-electron chi connectivity index (χ0n) is 22.6. The molecule has 1 fully saturated rings. The van der Waals surface area contributed by atoms with Gasteiger partial charge in [-0.2, -0.15) is 13.2 Å². The van der Waals surface area contributed by atoms with Gasteiger partial charge >= 0.3 is 6.18 Å². The van der Waals surface area contributed by atoms with Crippen molar-refractivity contribution >= 4 is 29.2 Å². The lowest BCUT2D eigenvalue weighted by atomic mass is 10.1. The predicted octanol–water partition coefficient (Wildman–Crippen LogP) is 6.53. The number of halogens is 3. The van der Waals surface area contributed by atoms with E-state index >= 15 is 0 Å². The number of nitrogens with zero attached hydrogens (tertiary/aromatic N) is 4. The Bertz CT molecular complexity index is 1470. The average Bonchev–Trinajstić information content (AvgIpc) is 3.00. The minimum Gasteiger partial charge on any atom is -0.368 e. The van der Waals surface area contributed by atoms with Crippen LogP contribution in [0.2, 0.25) is 0 Å². The molecule has 0 bridgehead atoms. The molecule has 212 valence electrons. The van der Waals surface area contributed by atoms with Gasteiger partial charge in [0.2, 0.25) is 0 Å². The summed E-state index contributed by atoms with van der Waals surface area (Å²) in [6.45, 7) is 4.85. The predicted molar refractivity (Wildman–Crippen MR) is 157 cm³/mol. The number of piperazine rings is 1. The first-order chi connectivity index (χ1) is 19.8. The molecule has 3 aromatic carbocycles. The number of alkyl halides is 3. The van der Waals surface area contributed by atoms with Crippen molar-refractivity contribution < 1.29 is 18.0 Å². The number of nitrogens with one attached hydrogen (secondary N) is 1. The zero-order chi connectivity index (χ0) is 28.8. The van der Waals surface area contributed by atoms with E-state index in [1.54, 1.807) is 6.07 Å². The number of amides is 1. The number of thioether (sulfide) groups is 1. The Labute approximate surface area is 241 Å². The molecular weight excluding hydrogens is 547 g/mol. The summed E-state index contributed by atoms with van der Waals surface area (Å²) >= 11 is 1.52. The van der Waals surface area contributed by atoms with Gasteiger partial charge < -0.3 is 15.1 Å². The van der Waals surface area contributed by atoms with Gasteiger partial charge in [-0.05, 0) is 42.8 Å². The number of rotatable bonds is 8. The summed E-state index contributed by atoms with van der Waals surface area (Å²) in [7, 11) is 0. The first-order valence-electron chi connectivity index (χ1n) is 13.4. The number of benzene rings is 3. The molecule has 6 nitrogen and oxygen atoms in total. The van der Waals surface area contributed by atoms with E-state index in [0.29, 0.717) is 54.9 Å². The van der Waals surface area contributed by atoms with Crippen LogP contribution >= 0.6 is 11.8 Å². The van der Waals surface area contributed by atoms with Gasteiger partial charge in [0.15, 0.2) is 5.16 Å². The van der Waals surface area contributed by atoms with Crippen molar-refractivity contribution in [3.63, 3.8) is 0 Å². The molecular formula is C31H30F3N5OS. The maximum absolute atomic E-state index is 13.2. The lowest BCUT2D eigenvalue weighted by Gasteiger charge is -2.37. The molecule has 4 aromatic rings. The SMILES string of the molecule is CCNC(=O)c1ccc(CSc2nc(-c3ccccc3)cc(N3CCN(c4cccc(C(F)(F)F)c4)CC3)n2)cc1. The monoisotopic (exact) mass is 577 g/mol. The van der Waals surface area contributed by atoms with Crippen LogP contribution in [0.1, 0.15) is 28.4 Å². The largest absolute Gasteiger partial charge is 0.416 e. The fourth-order valence-electron chi connectivity index (χ4n) is 4.63. The number of hydrogen-bond acceptors (Lipinski definition) is 6. The average molecular weight is 578 g/mol. The summed E-state index contributed by atoms with van der Waals surface area (Å²) in [5, 5.41) is 3.44. The molecule has 1 aliphatic heterocycles. The van der Waals surface area contributed by atoms with E-state index in [4.69, 9.17) is 9.97 Å². The Kier molecular flexibility index (Phi) is 8.78. The number of aromatic nitrogens is 2. The van der Waals surface area contributed by atoms with Crippen LogP contribution in [-0.4, -0.2) is 48.6 Å². The van der Waals surface area contributed by atoms with Crippen LogP contribution in [0.3, 0.4) is 0 Å². The van der Waals surface area contributed by atoms with Crippen LogP contribution in [0.5, 0.6) is 0 Å². The Morgan fingerprint density at radius 2 is 1.59 bits per heavy atom. The summed E-state index contributed by atoms with van der Waals surface area (Å²) in [6, 6.07) is 24.9. The van der Waals surface area contributed by atoms with Crippen molar-refractivity contribution in [1.82, 2.24) is 15.3 Å². The molecule has 0 atom stereocenters. The summed E-state index contributed by atoms with van der Waals surface area (Å²) in [6.07, 6.45) is -4.37. The normalized spacial score (nSPS) is 13.8. The maximum atomic E-state index is 13.2. The van der Waals surface area contributed by atoms with Crippen LogP contribution in [0.15, 0.2) is 90.1 Å². The van der Waals surface area contributed by atoms with Crippen molar-refractivity contribution in [3.8, 4) is 11.3 Å². The molecule has 0 unspecified atom stereocenters. The first kappa shape index (κ1) is 28.5. The second kappa shape index (κ2) is 12.6. The third-order valence-electron chi connectivity index (χ3n) is 6.83. The quantitative estimate of drug-likeness (QED) is 0.190. The van der Waals surface area contributed by atoms with E-state index in [1.807, 2.05) is 72.5 Å². The van der Waals surface area contributed by atoms with E-state index in [0.717, 1.165) is 28.7 Å². The first-order valence-corrected chi connectivity index (χ1v) is 14.4. The molecule has 1 aromatic heterocycles. The molecule has 1 aliphatic rings. The smallest absolute Gasteiger partial charge is 0.368 e. The minimum atomic E-state index is -4.37. The Hall–Kier alpha value is -4.05. The topological polar surface area (TPSA) is 61.4 Å². The van der Waals surface area contributed by atoms with Crippen molar-refractivity contribution in [2.24, 2.45) is 0 Å². The minimum absolute atomic E-state index is 0.0941. The molecule has 10 heteroatoms. The molecule has 0 aliphatic carbocycles. The van der Waals surface area contributed by atoms with Crippen molar-refractivity contribution in [2.75, 3.05) is 42.5 Å². The summed E-state index contributed by atoms with van der Waals surface area (Å²) in [5.41, 5.74) is 3.39. The van der Waals surface area contributed by atoms with Gasteiger partial charge in [0.05, 0.1) is 11.3 Å². The van der Waals surface area contributed by atoms with E-state index in [2.05, 4.69) is 10.2 Å². The summed E-state index contributed by atoms with van der Waals surface area (Å²) in [4.78, 5) is 25.9. The molecule has 2 heterocycles. The van der Waals surface area contributed by atoms with Gasteiger partial charge in [-0.1, -0.05) is 60.3 Å². The molecule has 0 saturated carbocycles. The van der Waals surface area contributed by atoms with E-state index in [-0.39, 0.29) is 5.91 Å². The standard InChI is InChI=1S/C31H30F3N5OS/c1-2-35-29(40)24-13-11-22(12-14-24)21-41-30-36-27(23-7-4-3-5-8-23)20-28(37-30)39-17-15-38(16-18-39)26-10-6-9-25(19-26)31(32,33)34/h3-14,19-20H,2,15-18,21H2,1H3,(H,35,40).